The number of carbonyl (C=O) groups excluding carboxylic acids is 11. The van der Waals surface area contributed by atoms with Crippen LogP contribution in [0.15, 0.2) is 59.4 Å². The minimum atomic E-state index is -2.06. The molecule has 9 amide bonds. The smallest absolute Gasteiger partial charge is 0.343 e. The fourth-order valence-electron chi connectivity index (χ4n) is 11.3. The number of esters is 2. The molecule has 4 atom stereocenters. The normalized spacial score (nSPS) is 17.0. The number of aliphatic hydroxyl groups is 1. The molecule has 0 spiro atoms. The molecule has 3 aliphatic heterocycles. The third-order valence-corrected chi connectivity index (χ3v) is 15.8. The van der Waals surface area contributed by atoms with Gasteiger partial charge in [-0.3, -0.25) is 57.6 Å². The molecule has 0 unspecified atom stereocenters. The van der Waals surface area contributed by atoms with E-state index >= 15 is 4.39 Å². The number of halogens is 1. The van der Waals surface area contributed by atoms with Crippen molar-refractivity contribution in [3.8, 4) is 11.4 Å². The van der Waals surface area contributed by atoms with Crippen LogP contribution in [0.5, 0.6) is 0 Å². The second-order valence-electron chi connectivity index (χ2n) is 23.3. The summed E-state index contributed by atoms with van der Waals surface area (Å²) in [7, 11) is 1.27. The van der Waals surface area contributed by atoms with E-state index in [2.05, 4.69) is 31.9 Å². The number of nitrogens with one attached hydrogen (secondary N) is 6. The molecule has 25 nitrogen and oxygen atoms in total. The van der Waals surface area contributed by atoms with Gasteiger partial charge in [-0.1, -0.05) is 43.7 Å². The number of fused-ring (bicyclic) bond motifs is 5. The molecule has 2 aromatic carbocycles. The Morgan fingerprint density at radius 1 is 0.841 bits per heavy atom. The molecule has 468 valence electrons. The second-order valence-corrected chi connectivity index (χ2v) is 23.3. The van der Waals surface area contributed by atoms with Crippen molar-refractivity contribution in [2.24, 2.45) is 0 Å². The lowest BCUT2D eigenvalue weighted by molar-refractivity contribution is -0.172. The number of cyclic esters (lactones) is 1. The number of aryl methyl sites for hydroxylation is 1. The third-order valence-electron chi connectivity index (χ3n) is 15.8. The average Bonchev–Trinajstić information content (AvgIpc) is 1.50. The Bertz CT molecular complexity index is 3560. The maximum atomic E-state index is 15.4. The fraction of sp³-hybridized carbons (Fsp3) is 0.468. The van der Waals surface area contributed by atoms with Gasteiger partial charge in [0.05, 0.1) is 61.1 Å². The minimum Gasteiger partial charge on any atom is -0.460 e. The Balaban J connectivity index is 0.812. The summed E-state index contributed by atoms with van der Waals surface area (Å²) in [4.78, 5) is 164. The number of hydrogen-bond acceptors (Lipinski definition) is 16. The lowest BCUT2D eigenvalue weighted by Gasteiger charge is -2.31. The van der Waals surface area contributed by atoms with E-state index < -0.39 is 126 Å². The molecular weight excluding hydrogens is 1140 g/mol. The molecule has 4 aliphatic rings. The maximum absolute atomic E-state index is 15.4. The number of pyridine rings is 2. The number of ether oxygens (including phenoxy) is 2. The van der Waals surface area contributed by atoms with Gasteiger partial charge in [0, 0.05) is 74.1 Å². The summed E-state index contributed by atoms with van der Waals surface area (Å²) < 4.78 is 27.5. The number of rotatable bonds is 26. The highest BCUT2D eigenvalue weighted by molar-refractivity contribution is 6.12. The van der Waals surface area contributed by atoms with E-state index in [1.54, 1.807) is 71.0 Å². The zero-order valence-corrected chi connectivity index (χ0v) is 50.0. The highest BCUT2D eigenvalue weighted by atomic mass is 19.1. The van der Waals surface area contributed by atoms with Crippen molar-refractivity contribution in [3.63, 3.8) is 0 Å². The molecule has 7 N–H and O–H groups in total. The standard InChI is InChI=1S/C62H73FN10O15/c1-7-62(86)39-26-45-56-37(31-73(45)58(83)38(39)33-87-60(62)85)55-41(20-19-36-34(2)40(63)27-42(70-56)54(36)55)67-47(75)18-14-23-64-48(76)29-66-57(82)43(25-35-15-10-8-11-16-35)68-49(77)30-65-50(78)32-71(6)59(84)44(28-53(81)88-61(3,4)5)69-46(74)17-12-9-13-24-72-51(79)21-22-52(72)80/h8,10-11,15-16,21-22,26-27,41,43-44,86H,7,9,12-14,17-20,23-25,28-33H2,1-6H3,(H,64,76)(H,65,78)(H,66,82)(H,67,75)(H,68,77)(H,69,74)/t41-,43-,44-,62-/m0/s1. The molecule has 1 aliphatic carbocycles. The van der Waals surface area contributed by atoms with Crippen LogP contribution in [0.25, 0.3) is 22.3 Å². The number of carbonyl (C=O) groups is 11. The number of amides is 9. The van der Waals surface area contributed by atoms with Crippen LogP contribution >= 0.6 is 0 Å². The predicted molar refractivity (Wildman–Crippen MR) is 313 cm³/mol. The minimum absolute atomic E-state index is 0.00543. The van der Waals surface area contributed by atoms with Crippen LogP contribution < -0.4 is 37.5 Å². The van der Waals surface area contributed by atoms with E-state index in [4.69, 9.17) is 14.5 Å². The number of hydrogen-bond donors (Lipinski definition) is 7. The summed E-state index contributed by atoms with van der Waals surface area (Å²) in [5, 5.41) is 27.9. The molecule has 4 aromatic rings. The van der Waals surface area contributed by atoms with E-state index in [-0.39, 0.29) is 75.4 Å². The summed E-state index contributed by atoms with van der Waals surface area (Å²) in [6.07, 6.45) is 3.94. The largest absolute Gasteiger partial charge is 0.460 e. The zero-order valence-electron chi connectivity index (χ0n) is 50.0. The number of nitrogens with zero attached hydrogens (tertiary/aromatic N) is 4. The van der Waals surface area contributed by atoms with Gasteiger partial charge >= 0.3 is 11.9 Å². The molecule has 0 saturated heterocycles. The average molecular weight is 1220 g/mol. The van der Waals surface area contributed by atoms with E-state index in [9.17, 15) is 62.6 Å². The number of aromatic nitrogens is 2. The van der Waals surface area contributed by atoms with Gasteiger partial charge in [-0.2, -0.15) is 0 Å². The van der Waals surface area contributed by atoms with Crippen LogP contribution in [-0.2, 0) is 93.8 Å². The molecule has 0 radical (unpaired) electrons. The van der Waals surface area contributed by atoms with Gasteiger partial charge < -0.3 is 55.9 Å². The quantitative estimate of drug-likeness (QED) is 0.0235. The van der Waals surface area contributed by atoms with Crippen molar-refractivity contribution in [1.29, 1.82) is 0 Å². The Labute approximate surface area is 505 Å². The topological polar surface area (TPSA) is 340 Å². The molecule has 2 aromatic heterocycles. The first kappa shape index (κ1) is 64.8. The number of unbranched alkanes of at least 4 members (excludes halogenated alkanes) is 2. The Morgan fingerprint density at radius 3 is 2.24 bits per heavy atom. The van der Waals surface area contributed by atoms with E-state index in [1.165, 1.54) is 29.8 Å². The van der Waals surface area contributed by atoms with Gasteiger partial charge in [-0.25, -0.2) is 14.2 Å². The number of likely N-dealkylation sites (N-methyl/N-ethyl adjacent to an activating group) is 1. The molecule has 88 heavy (non-hydrogen) atoms. The molecule has 0 fully saturated rings. The fourth-order valence-corrected chi connectivity index (χ4v) is 11.3. The summed E-state index contributed by atoms with van der Waals surface area (Å²) in [6.45, 7) is 6.41. The highest BCUT2D eigenvalue weighted by Gasteiger charge is 2.46. The molecule has 0 saturated carbocycles. The predicted octanol–water partition coefficient (Wildman–Crippen LogP) is 1.65. The first-order chi connectivity index (χ1) is 41.8. The molecular formula is C62H73FN10O15. The van der Waals surface area contributed by atoms with Crippen molar-refractivity contribution >= 4 is 76.0 Å². The Kier molecular flexibility index (Phi) is 20.4. The molecule has 0 bridgehead atoms. The third kappa shape index (κ3) is 15.1. The molecule has 5 heterocycles. The number of benzene rings is 2. The van der Waals surface area contributed by atoms with Gasteiger partial charge in [0.25, 0.3) is 17.4 Å². The number of imide groups is 1. The van der Waals surface area contributed by atoms with Crippen molar-refractivity contribution in [2.75, 3.05) is 39.8 Å². The molecule has 26 heteroatoms. The SMILES string of the molecule is CC[C@@]1(O)C(=O)OCc2c1cc1n(c2=O)Cc2c-1nc1cc(F)c(C)c3c1c2[C@@H](NC(=O)CCCNC(=O)CNC(=O)[C@H](Cc1ccccc1)NC(=O)CNC(=O)CN(C)C(=O)[C@H](CC(=O)OC(C)(C)C)NC(=O)CCCCCN1C(=O)C=CC1=O)CC3. The van der Waals surface area contributed by atoms with Crippen LogP contribution in [0.4, 0.5) is 4.39 Å². The van der Waals surface area contributed by atoms with Gasteiger partial charge in [-0.05, 0) is 94.5 Å². The first-order valence-electron chi connectivity index (χ1n) is 29.3. The lowest BCUT2D eigenvalue weighted by atomic mass is 9.81. The monoisotopic (exact) mass is 1220 g/mol. The van der Waals surface area contributed by atoms with Crippen molar-refractivity contribution in [1.82, 2.24) is 51.3 Å². The Hall–Kier alpha value is -9.20. The van der Waals surface area contributed by atoms with Crippen molar-refractivity contribution in [3.05, 3.63) is 110 Å². The Morgan fingerprint density at radius 2 is 1.53 bits per heavy atom. The van der Waals surface area contributed by atoms with Gasteiger partial charge in [0.2, 0.25) is 41.4 Å². The maximum Gasteiger partial charge on any atom is 0.343 e. The first-order valence-corrected chi connectivity index (χ1v) is 29.3. The summed E-state index contributed by atoms with van der Waals surface area (Å²) in [6, 6.07) is 8.36. The van der Waals surface area contributed by atoms with E-state index in [0.29, 0.717) is 76.6 Å². The summed E-state index contributed by atoms with van der Waals surface area (Å²) >= 11 is 0. The van der Waals surface area contributed by atoms with Crippen molar-refractivity contribution < 1.29 is 71.7 Å². The second kappa shape index (κ2) is 27.7. The van der Waals surface area contributed by atoms with Crippen LogP contribution in [-0.4, -0.2) is 147 Å². The van der Waals surface area contributed by atoms with Crippen LogP contribution in [0.1, 0.15) is 130 Å². The van der Waals surface area contributed by atoms with Crippen LogP contribution in [0.2, 0.25) is 0 Å². The van der Waals surface area contributed by atoms with Crippen LogP contribution in [0, 0.1) is 12.7 Å². The van der Waals surface area contributed by atoms with Crippen molar-refractivity contribution in [2.45, 2.75) is 148 Å². The van der Waals surface area contributed by atoms with Gasteiger partial charge in [0.1, 0.15) is 30.1 Å². The van der Waals surface area contributed by atoms with Crippen LogP contribution in [0.3, 0.4) is 0 Å². The molecule has 8 rings (SSSR count). The van der Waals surface area contributed by atoms with E-state index in [1.807, 2.05) is 0 Å². The van der Waals surface area contributed by atoms with Gasteiger partial charge in [-0.15, -0.1) is 0 Å². The lowest BCUT2D eigenvalue weighted by Crippen LogP contribution is -2.53. The summed E-state index contributed by atoms with van der Waals surface area (Å²) in [5.41, 5.74) is 1.03. The van der Waals surface area contributed by atoms with Gasteiger partial charge in [0.15, 0.2) is 5.60 Å². The zero-order chi connectivity index (χ0) is 63.8. The van der Waals surface area contributed by atoms with E-state index in [0.717, 1.165) is 15.4 Å². The highest BCUT2D eigenvalue weighted by Crippen LogP contribution is 2.46. The summed E-state index contributed by atoms with van der Waals surface area (Å²) in [5.74, 6) is -7.57.